The molecule has 0 spiro atoms. The Balaban J connectivity index is 1.90. The first-order valence-corrected chi connectivity index (χ1v) is 6.27. The van der Waals surface area contributed by atoms with Gasteiger partial charge in [-0.25, -0.2) is 0 Å². The van der Waals surface area contributed by atoms with Gasteiger partial charge in [-0.05, 0) is 24.5 Å². The summed E-state index contributed by atoms with van der Waals surface area (Å²) in [7, 11) is 0. The van der Waals surface area contributed by atoms with E-state index in [0.29, 0.717) is 13.1 Å². The number of aliphatic carboxylic acids is 1. The number of carboxylic acid groups (broad SMARTS) is 1. The van der Waals surface area contributed by atoms with Crippen LogP contribution in [0.5, 0.6) is 0 Å². The van der Waals surface area contributed by atoms with Crippen LogP contribution in [0.25, 0.3) is 0 Å². The highest BCUT2D eigenvalue weighted by molar-refractivity contribution is 5.78. The second-order valence-corrected chi connectivity index (χ2v) is 4.66. The van der Waals surface area contributed by atoms with Gasteiger partial charge in [-0.3, -0.25) is 14.6 Å². The van der Waals surface area contributed by atoms with Gasteiger partial charge >= 0.3 is 5.97 Å². The van der Waals surface area contributed by atoms with E-state index in [2.05, 4.69) is 4.98 Å². The predicted molar refractivity (Wildman–Crippen MR) is 68.2 cm³/mol. The lowest BCUT2D eigenvalue weighted by Crippen LogP contribution is -2.38. The maximum Gasteiger partial charge on any atom is 0.320 e. The first-order valence-electron chi connectivity index (χ1n) is 6.27. The summed E-state index contributed by atoms with van der Waals surface area (Å²) >= 11 is 0. The van der Waals surface area contributed by atoms with E-state index in [4.69, 9.17) is 10.8 Å². The molecule has 0 bridgehead atoms. The standard InChI is InChI=1S/C13H17N3O3/c14-10(13(18)19)3-4-12(17)16-7-5-9-2-1-6-15-11(9)8-16/h1-2,6,10H,3-5,7-8,14H2,(H,18,19)/t10-/m0/s1. The van der Waals surface area contributed by atoms with Crippen molar-refractivity contribution in [1.82, 2.24) is 9.88 Å². The molecule has 2 rings (SSSR count). The molecule has 2 heterocycles. The van der Waals surface area contributed by atoms with Crippen molar-refractivity contribution in [2.45, 2.75) is 31.8 Å². The van der Waals surface area contributed by atoms with E-state index >= 15 is 0 Å². The number of amides is 1. The number of fused-ring (bicyclic) bond motifs is 1. The summed E-state index contributed by atoms with van der Waals surface area (Å²) in [6.45, 7) is 1.15. The Morgan fingerprint density at radius 1 is 1.53 bits per heavy atom. The fraction of sp³-hybridized carbons (Fsp3) is 0.462. The van der Waals surface area contributed by atoms with E-state index in [1.165, 1.54) is 5.56 Å². The third-order valence-corrected chi connectivity index (χ3v) is 3.32. The van der Waals surface area contributed by atoms with Gasteiger partial charge in [0.25, 0.3) is 0 Å². The van der Waals surface area contributed by atoms with Crippen LogP contribution in [0.2, 0.25) is 0 Å². The van der Waals surface area contributed by atoms with Gasteiger partial charge in [0.15, 0.2) is 0 Å². The van der Waals surface area contributed by atoms with Crippen molar-refractivity contribution in [3.8, 4) is 0 Å². The number of carbonyl (C=O) groups is 2. The number of rotatable bonds is 4. The zero-order chi connectivity index (χ0) is 13.8. The lowest BCUT2D eigenvalue weighted by molar-refractivity contribution is -0.139. The highest BCUT2D eigenvalue weighted by atomic mass is 16.4. The summed E-state index contributed by atoms with van der Waals surface area (Å²) in [5, 5.41) is 8.68. The van der Waals surface area contributed by atoms with Gasteiger partial charge in [0.1, 0.15) is 6.04 Å². The molecule has 1 aromatic rings. The summed E-state index contributed by atoms with van der Waals surface area (Å²) in [4.78, 5) is 28.6. The molecule has 0 saturated heterocycles. The Bertz CT molecular complexity index is 490. The Morgan fingerprint density at radius 3 is 3.05 bits per heavy atom. The van der Waals surface area contributed by atoms with Crippen molar-refractivity contribution in [2.75, 3.05) is 6.54 Å². The van der Waals surface area contributed by atoms with E-state index in [-0.39, 0.29) is 18.7 Å². The number of carboxylic acids is 1. The molecule has 0 aromatic carbocycles. The van der Waals surface area contributed by atoms with E-state index in [1.807, 2.05) is 12.1 Å². The zero-order valence-electron chi connectivity index (χ0n) is 10.6. The molecule has 1 aromatic heterocycles. The molecule has 0 aliphatic carbocycles. The molecule has 0 saturated carbocycles. The van der Waals surface area contributed by atoms with E-state index < -0.39 is 12.0 Å². The van der Waals surface area contributed by atoms with E-state index in [9.17, 15) is 9.59 Å². The number of hydrogen-bond acceptors (Lipinski definition) is 4. The number of nitrogens with two attached hydrogens (primary N) is 1. The Hall–Kier alpha value is -1.95. The summed E-state index contributed by atoms with van der Waals surface area (Å²) in [5.41, 5.74) is 7.48. The summed E-state index contributed by atoms with van der Waals surface area (Å²) in [5.74, 6) is -1.13. The molecule has 6 heteroatoms. The molecule has 1 aliphatic heterocycles. The maximum atomic E-state index is 12.0. The highest BCUT2D eigenvalue weighted by Crippen LogP contribution is 2.17. The molecule has 6 nitrogen and oxygen atoms in total. The number of nitrogens with zero attached hydrogens (tertiary/aromatic N) is 2. The zero-order valence-corrected chi connectivity index (χ0v) is 10.6. The molecule has 19 heavy (non-hydrogen) atoms. The topological polar surface area (TPSA) is 96.5 Å². The molecule has 1 amide bonds. The van der Waals surface area contributed by atoms with Crippen molar-refractivity contribution in [3.05, 3.63) is 29.6 Å². The third kappa shape index (κ3) is 3.29. The molecule has 102 valence electrons. The molecule has 0 radical (unpaired) electrons. The average molecular weight is 263 g/mol. The van der Waals surface area contributed by atoms with Gasteiger partial charge in [0, 0.05) is 19.2 Å². The Kier molecular flexibility index (Phi) is 4.11. The minimum atomic E-state index is -1.07. The van der Waals surface area contributed by atoms with E-state index in [0.717, 1.165) is 12.1 Å². The van der Waals surface area contributed by atoms with Crippen LogP contribution in [0.4, 0.5) is 0 Å². The van der Waals surface area contributed by atoms with Crippen LogP contribution in [0.15, 0.2) is 18.3 Å². The fourth-order valence-corrected chi connectivity index (χ4v) is 2.13. The largest absolute Gasteiger partial charge is 0.480 e. The van der Waals surface area contributed by atoms with Crippen molar-refractivity contribution in [2.24, 2.45) is 5.73 Å². The Morgan fingerprint density at radius 2 is 2.32 bits per heavy atom. The first-order chi connectivity index (χ1) is 9.08. The minimum Gasteiger partial charge on any atom is -0.480 e. The summed E-state index contributed by atoms with van der Waals surface area (Å²) in [6, 6.07) is 2.94. The van der Waals surface area contributed by atoms with Gasteiger partial charge < -0.3 is 15.7 Å². The highest BCUT2D eigenvalue weighted by Gasteiger charge is 2.22. The summed E-state index contributed by atoms with van der Waals surface area (Å²) < 4.78 is 0. The quantitative estimate of drug-likeness (QED) is 0.806. The SMILES string of the molecule is N[C@@H](CCC(=O)N1CCc2cccnc2C1)C(=O)O. The van der Waals surface area contributed by atoms with Gasteiger partial charge in [0.05, 0.1) is 12.2 Å². The van der Waals surface area contributed by atoms with Crippen LogP contribution in [0.3, 0.4) is 0 Å². The normalized spacial score (nSPS) is 15.7. The number of carbonyl (C=O) groups excluding carboxylic acids is 1. The van der Waals surface area contributed by atoms with Crippen molar-refractivity contribution in [1.29, 1.82) is 0 Å². The fourth-order valence-electron chi connectivity index (χ4n) is 2.13. The lowest BCUT2D eigenvalue weighted by atomic mass is 10.0. The number of pyridine rings is 1. The first kappa shape index (κ1) is 13.5. The molecular weight excluding hydrogens is 246 g/mol. The van der Waals surface area contributed by atoms with E-state index in [1.54, 1.807) is 11.1 Å². The number of aromatic nitrogens is 1. The molecule has 0 fully saturated rings. The second kappa shape index (κ2) is 5.79. The molecule has 1 aliphatic rings. The molecular formula is C13H17N3O3. The Labute approximate surface area is 111 Å². The van der Waals surface area contributed by atoms with Crippen molar-refractivity contribution >= 4 is 11.9 Å². The monoisotopic (exact) mass is 263 g/mol. The molecule has 3 N–H and O–H groups in total. The van der Waals surface area contributed by atoms with Crippen LogP contribution in [0.1, 0.15) is 24.1 Å². The maximum absolute atomic E-state index is 12.0. The van der Waals surface area contributed by atoms with Gasteiger partial charge in [-0.2, -0.15) is 0 Å². The minimum absolute atomic E-state index is 0.0620. The average Bonchev–Trinajstić information content (AvgIpc) is 2.43. The predicted octanol–water partition coefficient (Wildman–Crippen LogP) is 0.158. The van der Waals surface area contributed by atoms with Gasteiger partial charge in [-0.15, -0.1) is 0 Å². The number of hydrogen-bond donors (Lipinski definition) is 2. The lowest BCUT2D eigenvalue weighted by Gasteiger charge is -2.28. The molecule has 1 atom stereocenters. The van der Waals surface area contributed by atoms with Crippen LogP contribution in [-0.2, 0) is 22.6 Å². The van der Waals surface area contributed by atoms with Gasteiger partial charge in [0.2, 0.25) is 5.91 Å². The summed E-state index contributed by atoms with van der Waals surface area (Å²) in [6.07, 6.45) is 2.84. The van der Waals surface area contributed by atoms with Crippen LogP contribution >= 0.6 is 0 Å². The van der Waals surface area contributed by atoms with Crippen LogP contribution in [-0.4, -0.2) is 39.5 Å². The smallest absolute Gasteiger partial charge is 0.320 e. The van der Waals surface area contributed by atoms with Crippen LogP contribution in [0, 0.1) is 0 Å². The van der Waals surface area contributed by atoms with Crippen LogP contribution < -0.4 is 5.73 Å². The van der Waals surface area contributed by atoms with Crippen molar-refractivity contribution in [3.63, 3.8) is 0 Å². The third-order valence-electron chi connectivity index (χ3n) is 3.32. The molecule has 0 unspecified atom stereocenters. The van der Waals surface area contributed by atoms with Crippen molar-refractivity contribution < 1.29 is 14.7 Å². The second-order valence-electron chi connectivity index (χ2n) is 4.66. The van der Waals surface area contributed by atoms with Gasteiger partial charge in [-0.1, -0.05) is 6.07 Å².